The highest BCUT2D eigenvalue weighted by molar-refractivity contribution is 5.96. The summed E-state index contributed by atoms with van der Waals surface area (Å²) >= 11 is 0. The number of halogens is 6. The van der Waals surface area contributed by atoms with Crippen LogP contribution in [0.1, 0.15) is 16.1 Å². The minimum atomic E-state index is -5.07. The van der Waals surface area contributed by atoms with Crippen molar-refractivity contribution < 1.29 is 40.6 Å². The van der Waals surface area contributed by atoms with Gasteiger partial charge in [0, 0.05) is 17.3 Å². The fourth-order valence-corrected chi connectivity index (χ4v) is 1.99. The van der Waals surface area contributed by atoms with Crippen LogP contribution in [0.2, 0.25) is 0 Å². The summed E-state index contributed by atoms with van der Waals surface area (Å²) in [6.07, 6.45) is -9.49. The van der Waals surface area contributed by atoms with E-state index in [2.05, 4.69) is 14.5 Å². The minimum Gasteiger partial charge on any atom is -0.464 e. The number of esters is 1. The Hall–Kier alpha value is -2.78. The molecular weight excluding hydrogens is 356 g/mol. The first-order valence-corrected chi connectivity index (χ1v) is 6.53. The molecule has 0 amide bonds. The number of hydrogen-bond acceptors (Lipinski definition) is 4. The molecule has 0 saturated heterocycles. The van der Waals surface area contributed by atoms with E-state index in [1.807, 2.05) is 0 Å². The van der Waals surface area contributed by atoms with Gasteiger partial charge < -0.3 is 9.47 Å². The standard InChI is InChI=1S/C15H9F6NO3/c1-24-13(23)12-10(6-8(7-22-12)14(16,17)18)9-4-2-3-5-11(9)25-15(19,20)21/h2-7H,1H3. The van der Waals surface area contributed by atoms with Gasteiger partial charge >= 0.3 is 18.5 Å². The van der Waals surface area contributed by atoms with Gasteiger partial charge in [-0.1, -0.05) is 18.2 Å². The van der Waals surface area contributed by atoms with Crippen LogP contribution in [-0.4, -0.2) is 24.4 Å². The Kier molecular flexibility index (Phi) is 4.91. The number of hydrogen-bond donors (Lipinski definition) is 0. The maximum Gasteiger partial charge on any atom is 0.573 e. The minimum absolute atomic E-state index is 0.390. The van der Waals surface area contributed by atoms with E-state index in [1.54, 1.807) is 0 Å². The van der Waals surface area contributed by atoms with Crippen molar-refractivity contribution in [2.75, 3.05) is 7.11 Å². The second kappa shape index (κ2) is 6.61. The van der Waals surface area contributed by atoms with Crippen LogP contribution >= 0.6 is 0 Å². The molecular formula is C15H9F6NO3. The van der Waals surface area contributed by atoms with Gasteiger partial charge in [-0.15, -0.1) is 13.2 Å². The number of pyridine rings is 1. The maximum atomic E-state index is 12.9. The molecule has 2 rings (SSSR count). The van der Waals surface area contributed by atoms with Crippen molar-refractivity contribution in [2.45, 2.75) is 12.5 Å². The third-order valence-electron chi connectivity index (χ3n) is 3.00. The lowest BCUT2D eigenvalue weighted by atomic mass is 10.0. The molecule has 0 radical (unpaired) electrons. The van der Waals surface area contributed by atoms with Crippen molar-refractivity contribution in [3.8, 4) is 16.9 Å². The van der Waals surface area contributed by atoms with Gasteiger partial charge in [0.1, 0.15) is 5.75 Å². The van der Waals surface area contributed by atoms with Crippen molar-refractivity contribution in [1.82, 2.24) is 4.98 Å². The van der Waals surface area contributed by atoms with Gasteiger partial charge in [-0.3, -0.25) is 0 Å². The van der Waals surface area contributed by atoms with Gasteiger partial charge in [-0.25, -0.2) is 9.78 Å². The Bertz CT molecular complexity index is 786. The molecule has 1 heterocycles. The number of ether oxygens (including phenoxy) is 2. The van der Waals surface area contributed by atoms with E-state index in [1.165, 1.54) is 12.1 Å². The van der Waals surface area contributed by atoms with E-state index in [0.29, 0.717) is 12.3 Å². The summed E-state index contributed by atoms with van der Waals surface area (Å²) in [7, 11) is 0.962. The molecule has 2 aromatic rings. The molecule has 25 heavy (non-hydrogen) atoms. The summed E-state index contributed by atoms with van der Waals surface area (Å²) in [4.78, 5) is 15.1. The summed E-state index contributed by atoms with van der Waals surface area (Å²) in [6.45, 7) is 0. The number of methoxy groups -OCH3 is 1. The zero-order chi connectivity index (χ0) is 18.8. The van der Waals surface area contributed by atoms with Crippen LogP contribution in [0.25, 0.3) is 11.1 Å². The molecule has 1 aromatic heterocycles. The van der Waals surface area contributed by atoms with Gasteiger partial charge in [0.25, 0.3) is 0 Å². The zero-order valence-electron chi connectivity index (χ0n) is 12.4. The lowest BCUT2D eigenvalue weighted by molar-refractivity contribution is -0.274. The van der Waals surface area contributed by atoms with Gasteiger partial charge in [0.2, 0.25) is 0 Å². The Labute approximate surface area is 137 Å². The Balaban J connectivity index is 2.70. The van der Waals surface area contributed by atoms with Crippen molar-refractivity contribution in [1.29, 1.82) is 0 Å². The van der Waals surface area contributed by atoms with Gasteiger partial charge in [0.15, 0.2) is 5.69 Å². The molecule has 134 valence electrons. The molecule has 0 spiro atoms. The Morgan fingerprint density at radius 1 is 1.04 bits per heavy atom. The van der Waals surface area contributed by atoms with Crippen LogP contribution < -0.4 is 4.74 Å². The maximum absolute atomic E-state index is 12.9. The van der Waals surface area contributed by atoms with E-state index < -0.39 is 41.1 Å². The lowest BCUT2D eigenvalue weighted by Gasteiger charge is -2.16. The average Bonchev–Trinajstić information content (AvgIpc) is 2.52. The van der Waals surface area contributed by atoms with E-state index in [9.17, 15) is 31.1 Å². The lowest BCUT2D eigenvalue weighted by Crippen LogP contribution is -2.18. The molecule has 0 atom stereocenters. The highest BCUT2D eigenvalue weighted by Gasteiger charge is 2.35. The van der Waals surface area contributed by atoms with Crippen LogP contribution in [0, 0.1) is 0 Å². The molecule has 0 aliphatic rings. The summed E-state index contributed by atoms with van der Waals surface area (Å²) in [6, 6.07) is 4.97. The topological polar surface area (TPSA) is 48.4 Å². The highest BCUT2D eigenvalue weighted by Crippen LogP contribution is 2.38. The monoisotopic (exact) mass is 365 g/mol. The molecule has 0 unspecified atom stereocenters. The van der Waals surface area contributed by atoms with Crippen molar-refractivity contribution >= 4 is 5.97 Å². The van der Waals surface area contributed by atoms with E-state index in [4.69, 9.17) is 0 Å². The first-order chi connectivity index (χ1) is 11.5. The van der Waals surface area contributed by atoms with Crippen LogP contribution in [0.5, 0.6) is 5.75 Å². The number of para-hydroxylation sites is 1. The van der Waals surface area contributed by atoms with Crippen LogP contribution in [-0.2, 0) is 10.9 Å². The molecule has 0 saturated carbocycles. The number of benzene rings is 1. The number of aromatic nitrogens is 1. The fraction of sp³-hybridized carbons (Fsp3) is 0.200. The molecule has 0 N–H and O–H groups in total. The molecule has 0 fully saturated rings. The Morgan fingerprint density at radius 3 is 2.24 bits per heavy atom. The second-order valence-corrected chi connectivity index (χ2v) is 4.65. The van der Waals surface area contributed by atoms with Crippen molar-refractivity contribution in [3.63, 3.8) is 0 Å². The summed E-state index contributed by atoms with van der Waals surface area (Å²) in [5.41, 5.74) is -2.70. The first kappa shape index (κ1) is 18.6. The third kappa shape index (κ3) is 4.40. The second-order valence-electron chi connectivity index (χ2n) is 4.65. The van der Waals surface area contributed by atoms with Gasteiger partial charge in [0.05, 0.1) is 12.7 Å². The predicted octanol–water partition coefficient (Wildman–Crippen LogP) is 4.45. The van der Waals surface area contributed by atoms with Crippen LogP contribution in [0.4, 0.5) is 26.3 Å². The number of rotatable bonds is 3. The molecule has 0 aliphatic carbocycles. The summed E-state index contributed by atoms with van der Waals surface area (Å²) < 4.78 is 84.5. The zero-order valence-corrected chi connectivity index (χ0v) is 12.4. The van der Waals surface area contributed by atoms with Crippen LogP contribution in [0.3, 0.4) is 0 Å². The molecule has 4 nitrogen and oxygen atoms in total. The van der Waals surface area contributed by atoms with Crippen LogP contribution in [0.15, 0.2) is 36.5 Å². The Morgan fingerprint density at radius 2 is 1.68 bits per heavy atom. The van der Waals surface area contributed by atoms with E-state index in [0.717, 1.165) is 19.2 Å². The summed E-state index contributed by atoms with van der Waals surface area (Å²) in [5, 5.41) is 0. The molecule has 0 bridgehead atoms. The highest BCUT2D eigenvalue weighted by atomic mass is 19.4. The summed E-state index contributed by atoms with van der Waals surface area (Å²) in [5.74, 6) is -1.88. The number of alkyl halides is 6. The van der Waals surface area contributed by atoms with Gasteiger partial charge in [-0.2, -0.15) is 13.2 Å². The fourth-order valence-electron chi connectivity index (χ4n) is 1.99. The number of carbonyl (C=O) groups is 1. The number of carbonyl (C=O) groups excluding carboxylic acids is 1. The predicted molar refractivity (Wildman–Crippen MR) is 72.7 cm³/mol. The molecule has 0 aliphatic heterocycles. The SMILES string of the molecule is COC(=O)c1ncc(C(F)(F)F)cc1-c1ccccc1OC(F)(F)F. The first-order valence-electron chi connectivity index (χ1n) is 6.53. The average molecular weight is 365 g/mol. The quantitative estimate of drug-likeness (QED) is 0.596. The normalized spacial score (nSPS) is 12.0. The van der Waals surface area contributed by atoms with E-state index >= 15 is 0 Å². The smallest absolute Gasteiger partial charge is 0.464 e. The molecule has 10 heteroatoms. The third-order valence-corrected chi connectivity index (χ3v) is 3.00. The largest absolute Gasteiger partial charge is 0.573 e. The van der Waals surface area contributed by atoms with E-state index in [-0.39, 0.29) is 5.56 Å². The van der Waals surface area contributed by atoms with Gasteiger partial charge in [-0.05, 0) is 12.1 Å². The number of nitrogens with zero attached hydrogens (tertiary/aromatic N) is 1. The molecule has 1 aromatic carbocycles. The van der Waals surface area contributed by atoms with Crippen molar-refractivity contribution in [2.24, 2.45) is 0 Å². The van der Waals surface area contributed by atoms with Crippen molar-refractivity contribution in [3.05, 3.63) is 47.8 Å².